The molecule has 1 atom stereocenters. The number of aromatic nitrogens is 2. The highest BCUT2D eigenvalue weighted by Crippen LogP contribution is 2.40. The summed E-state index contributed by atoms with van der Waals surface area (Å²) in [7, 11) is 0. The van der Waals surface area contributed by atoms with E-state index in [1.165, 1.54) is 15.3 Å². The Hall–Kier alpha value is -2.48. The van der Waals surface area contributed by atoms with Crippen molar-refractivity contribution in [1.82, 2.24) is 15.0 Å². The Kier molecular flexibility index (Phi) is 5.18. The molecule has 1 unspecified atom stereocenters. The van der Waals surface area contributed by atoms with Gasteiger partial charge in [0.2, 0.25) is 11.7 Å². The van der Waals surface area contributed by atoms with Crippen molar-refractivity contribution in [3.8, 4) is 17.1 Å². The molecule has 4 heterocycles. The van der Waals surface area contributed by atoms with Gasteiger partial charge in [0.1, 0.15) is 5.75 Å². The molecule has 1 aliphatic heterocycles. The van der Waals surface area contributed by atoms with Crippen LogP contribution in [0.3, 0.4) is 0 Å². The van der Waals surface area contributed by atoms with E-state index in [0.29, 0.717) is 24.9 Å². The number of hydrogen-bond acceptors (Lipinski definition) is 7. The average molecular weight is 424 g/mol. The van der Waals surface area contributed by atoms with Crippen molar-refractivity contribution in [3.05, 3.63) is 74.4 Å². The minimum Gasteiger partial charge on any atom is -0.494 e. The fourth-order valence-corrected chi connectivity index (χ4v) is 5.58. The minimum absolute atomic E-state index is 0.255. The predicted molar refractivity (Wildman–Crippen MR) is 115 cm³/mol. The molecule has 0 spiro atoms. The van der Waals surface area contributed by atoms with Gasteiger partial charge in [-0.2, -0.15) is 4.98 Å². The molecule has 3 aromatic heterocycles. The van der Waals surface area contributed by atoms with E-state index < -0.39 is 0 Å². The third-order valence-electron chi connectivity index (χ3n) is 5.11. The van der Waals surface area contributed by atoms with E-state index in [9.17, 15) is 0 Å². The zero-order chi connectivity index (χ0) is 19.6. The van der Waals surface area contributed by atoms with Gasteiger partial charge in [-0.05, 0) is 66.1 Å². The fourth-order valence-electron chi connectivity index (χ4n) is 3.80. The summed E-state index contributed by atoms with van der Waals surface area (Å²) in [6.07, 6.45) is 1.06. The van der Waals surface area contributed by atoms with Gasteiger partial charge in [0.15, 0.2) is 0 Å². The quantitative estimate of drug-likeness (QED) is 0.415. The molecule has 0 saturated heterocycles. The summed E-state index contributed by atoms with van der Waals surface area (Å²) in [5.41, 5.74) is 2.34. The Bertz CT molecular complexity index is 1070. The smallest absolute Gasteiger partial charge is 0.241 e. The van der Waals surface area contributed by atoms with Crippen LogP contribution in [0.25, 0.3) is 11.4 Å². The molecule has 0 saturated carbocycles. The number of nitrogens with zero attached hydrogens (tertiary/aromatic N) is 3. The van der Waals surface area contributed by atoms with Gasteiger partial charge in [0.05, 0.1) is 19.2 Å². The Morgan fingerprint density at radius 3 is 2.83 bits per heavy atom. The summed E-state index contributed by atoms with van der Waals surface area (Å²) >= 11 is 3.66. The molecule has 0 fully saturated rings. The maximum Gasteiger partial charge on any atom is 0.241 e. The lowest BCUT2D eigenvalue weighted by Gasteiger charge is -2.34. The Morgan fingerprint density at radius 2 is 2.03 bits per heavy atom. The van der Waals surface area contributed by atoms with Gasteiger partial charge in [-0.25, -0.2) is 0 Å². The van der Waals surface area contributed by atoms with Gasteiger partial charge in [0.25, 0.3) is 0 Å². The van der Waals surface area contributed by atoms with Crippen molar-refractivity contribution in [2.24, 2.45) is 0 Å². The standard InChI is InChI=1S/C22H21N3O2S2/c1-2-26-16-7-5-15(6-8-16)22-23-20(27-24-22)14-25-11-9-18-17(10-13-29-18)21(25)19-4-3-12-28-19/h3-8,10,12-13,21H,2,9,11,14H2,1H3. The largest absolute Gasteiger partial charge is 0.494 e. The molecular weight excluding hydrogens is 402 g/mol. The first-order valence-electron chi connectivity index (χ1n) is 9.71. The number of hydrogen-bond donors (Lipinski definition) is 0. The second-order valence-corrected chi connectivity index (χ2v) is 8.89. The molecule has 0 bridgehead atoms. The molecule has 0 amide bonds. The first kappa shape index (κ1) is 18.5. The van der Waals surface area contributed by atoms with Crippen LogP contribution in [0, 0.1) is 0 Å². The van der Waals surface area contributed by atoms with Gasteiger partial charge >= 0.3 is 0 Å². The minimum atomic E-state index is 0.255. The number of benzene rings is 1. The van der Waals surface area contributed by atoms with Gasteiger partial charge in [-0.1, -0.05) is 11.2 Å². The van der Waals surface area contributed by atoms with E-state index in [4.69, 9.17) is 9.26 Å². The number of fused-ring (bicyclic) bond motifs is 1. The van der Waals surface area contributed by atoms with Crippen LogP contribution in [0.1, 0.15) is 34.2 Å². The van der Waals surface area contributed by atoms with Gasteiger partial charge in [-0.15, -0.1) is 22.7 Å². The molecule has 0 radical (unpaired) electrons. The third kappa shape index (κ3) is 3.73. The van der Waals surface area contributed by atoms with Gasteiger partial charge < -0.3 is 9.26 Å². The van der Waals surface area contributed by atoms with Crippen LogP contribution in [0.5, 0.6) is 5.75 Å². The first-order chi connectivity index (χ1) is 14.3. The van der Waals surface area contributed by atoms with Gasteiger partial charge in [-0.3, -0.25) is 4.90 Å². The van der Waals surface area contributed by atoms with E-state index in [2.05, 4.69) is 44.0 Å². The van der Waals surface area contributed by atoms with Crippen LogP contribution in [0.15, 0.2) is 57.7 Å². The summed E-state index contributed by atoms with van der Waals surface area (Å²) in [6, 6.07) is 14.7. The molecule has 1 aliphatic rings. The molecule has 4 aromatic rings. The third-order valence-corrected chi connectivity index (χ3v) is 7.03. The molecule has 0 aliphatic carbocycles. The molecule has 0 N–H and O–H groups in total. The number of ether oxygens (including phenoxy) is 1. The molecular formula is C22H21N3O2S2. The lowest BCUT2D eigenvalue weighted by Crippen LogP contribution is -2.34. The maximum absolute atomic E-state index is 5.61. The Balaban J connectivity index is 1.37. The van der Waals surface area contributed by atoms with Crippen molar-refractivity contribution in [2.75, 3.05) is 13.2 Å². The van der Waals surface area contributed by atoms with Gasteiger partial charge in [0, 0.05) is 21.9 Å². The predicted octanol–water partition coefficient (Wildman–Crippen LogP) is 5.41. The highest BCUT2D eigenvalue weighted by Gasteiger charge is 2.31. The highest BCUT2D eigenvalue weighted by atomic mass is 32.1. The van der Waals surface area contributed by atoms with Crippen LogP contribution in [0.4, 0.5) is 0 Å². The first-order valence-corrected chi connectivity index (χ1v) is 11.5. The SMILES string of the molecule is CCOc1ccc(-c2noc(CN3CCc4sccc4C3c3cccs3)n2)cc1. The van der Waals surface area contributed by atoms with E-state index in [1.54, 1.807) is 11.3 Å². The molecule has 29 heavy (non-hydrogen) atoms. The molecule has 148 valence electrons. The van der Waals surface area contributed by atoms with E-state index in [0.717, 1.165) is 24.3 Å². The fraction of sp³-hybridized carbons (Fsp3) is 0.273. The van der Waals surface area contributed by atoms with Crippen LogP contribution >= 0.6 is 22.7 Å². The maximum atomic E-state index is 5.61. The topological polar surface area (TPSA) is 51.4 Å². The monoisotopic (exact) mass is 423 g/mol. The summed E-state index contributed by atoms with van der Waals surface area (Å²) in [6.45, 7) is 4.25. The highest BCUT2D eigenvalue weighted by molar-refractivity contribution is 7.10. The lowest BCUT2D eigenvalue weighted by atomic mass is 9.98. The van der Waals surface area contributed by atoms with Crippen LogP contribution in [-0.4, -0.2) is 28.2 Å². The van der Waals surface area contributed by atoms with Crippen molar-refractivity contribution in [3.63, 3.8) is 0 Å². The Morgan fingerprint density at radius 1 is 1.14 bits per heavy atom. The van der Waals surface area contributed by atoms with Crippen LogP contribution in [0.2, 0.25) is 0 Å². The summed E-state index contributed by atoms with van der Waals surface area (Å²) < 4.78 is 11.1. The second-order valence-electron chi connectivity index (χ2n) is 6.91. The summed E-state index contributed by atoms with van der Waals surface area (Å²) in [5.74, 6) is 2.11. The molecule has 5 rings (SSSR count). The van der Waals surface area contributed by atoms with E-state index in [-0.39, 0.29) is 6.04 Å². The second kappa shape index (κ2) is 8.10. The normalized spacial score (nSPS) is 16.7. The van der Waals surface area contributed by atoms with Crippen molar-refractivity contribution < 1.29 is 9.26 Å². The number of rotatable bonds is 6. The molecule has 7 heteroatoms. The van der Waals surface area contributed by atoms with Crippen molar-refractivity contribution in [2.45, 2.75) is 25.9 Å². The summed E-state index contributed by atoms with van der Waals surface area (Å²) in [5, 5.41) is 8.54. The van der Waals surface area contributed by atoms with E-state index >= 15 is 0 Å². The zero-order valence-electron chi connectivity index (χ0n) is 16.1. The van der Waals surface area contributed by atoms with Crippen molar-refractivity contribution in [1.29, 1.82) is 0 Å². The van der Waals surface area contributed by atoms with E-state index in [1.807, 2.05) is 42.5 Å². The molecule has 5 nitrogen and oxygen atoms in total. The van der Waals surface area contributed by atoms with Crippen molar-refractivity contribution >= 4 is 22.7 Å². The zero-order valence-corrected chi connectivity index (χ0v) is 17.7. The Labute approximate surface area is 177 Å². The molecule has 1 aromatic carbocycles. The van der Waals surface area contributed by atoms with Crippen LogP contribution in [-0.2, 0) is 13.0 Å². The average Bonchev–Trinajstić information content (AvgIpc) is 3.51. The summed E-state index contributed by atoms with van der Waals surface area (Å²) in [4.78, 5) is 9.94. The van der Waals surface area contributed by atoms with Crippen LogP contribution < -0.4 is 4.74 Å². The number of thiophene rings is 2. The lowest BCUT2D eigenvalue weighted by molar-refractivity contribution is 0.181.